The van der Waals surface area contributed by atoms with Crippen LogP contribution < -0.4 is 5.32 Å². The number of halogens is 2. The molecule has 2 rings (SSSR count). The van der Waals surface area contributed by atoms with Gasteiger partial charge >= 0.3 is 0 Å². The van der Waals surface area contributed by atoms with Crippen LogP contribution in [0.2, 0.25) is 0 Å². The Labute approximate surface area is 136 Å². The largest absolute Gasteiger partial charge is 0.319 e. The minimum Gasteiger partial charge on any atom is -0.319 e. The first-order valence-electron chi connectivity index (χ1n) is 8.22. The molecule has 0 aliphatic heterocycles. The van der Waals surface area contributed by atoms with Gasteiger partial charge in [0.15, 0.2) is 0 Å². The van der Waals surface area contributed by atoms with E-state index in [9.17, 15) is 4.39 Å². The van der Waals surface area contributed by atoms with Crippen molar-refractivity contribution in [2.24, 2.45) is 17.8 Å². The van der Waals surface area contributed by atoms with E-state index in [-0.39, 0.29) is 5.82 Å². The molecule has 1 aromatic rings. The zero-order chi connectivity index (χ0) is 15.2. The lowest BCUT2D eigenvalue weighted by Gasteiger charge is -2.36. The number of hydrogen-bond donors (Lipinski definition) is 1. The molecule has 3 unspecified atom stereocenters. The van der Waals surface area contributed by atoms with Crippen molar-refractivity contribution in [1.29, 1.82) is 0 Å². The molecule has 1 aromatic carbocycles. The molecular formula is C18H27BrFN. The van der Waals surface area contributed by atoms with E-state index in [0.29, 0.717) is 5.92 Å². The molecule has 0 saturated heterocycles. The molecule has 0 amide bonds. The zero-order valence-electron chi connectivity index (χ0n) is 13.2. The molecule has 0 heterocycles. The minimum atomic E-state index is -0.162. The summed E-state index contributed by atoms with van der Waals surface area (Å²) in [5, 5.41) is 3.35. The van der Waals surface area contributed by atoms with E-state index in [1.807, 2.05) is 13.1 Å². The molecule has 21 heavy (non-hydrogen) atoms. The average Bonchev–Trinajstić information content (AvgIpc) is 2.45. The quantitative estimate of drug-likeness (QED) is 0.740. The summed E-state index contributed by atoms with van der Waals surface area (Å²) in [6, 6.07) is 5.12. The molecule has 1 nitrogen and oxygen atoms in total. The highest BCUT2D eigenvalue weighted by Crippen LogP contribution is 2.38. The molecular weight excluding hydrogens is 329 g/mol. The van der Waals surface area contributed by atoms with Gasteiger partial charge in [0.05, 0.1) is 0 Å². The van der Waals surface area contributed by atoms with E-state index in [2.05, 4.69) is 28.2 Å². The summed E-state index contributed by atoms with van der Waals surface area (Å²) in [6.07, 6.45) is 7.73. The van der Waals surface area contributed by atoms with Gasteiger partial charge in [-0.05, 0) is 68.3 Å². The summed E-state index contributed by atoms with van der Waals surface area (Å²) < 4.78 is 14.2. The summed E-state index contributed by atoms with van der Waals surface area (Å²) in [5.41, 5.74) is 1.25. The van der Waals surface area contributed by atoms with E-state index in [1.54, 1.807) is 12.1 Å². The lowest BCUT2D eigenvalue weighted by molar-refractivity contribution is 0.169. The lowest BCUT2D eigenvalue weighted by Crippen LogP contribution is -2.33. The standard InChI is InChI=1S/C18H27BrFN/c1-3-4-13-5-6-15(12-21-2)16(9-13)10-14-7-8-17(20)11-18(14)19/h7-8,11,13,15-16,21H,3-6,9-10,12H2,1-2H3. The summed E-state index contributed by atoms with van der Waals surface area (Å²) in [6.45, 7) is 3.38. The second-order valence-corrected chi connectivity index (χ2v) is 7.34. The Balaban J connectivity index is 2.07. The van der Waals surface area contributed by atoms with E-state index in [1.165, 1.54) is 37.7 Å². The number of rotatable bonds is 6. The first-order chi connectivity index (χ1) is 10.1. The van der Waals surface area contributed by atoms with Gasteiger partial charge in [-0.1, -0.05) is 48.2 Å². The van der Waals surface area contributed by atoms with Crippen LogP contribution in [0.1, 0.15) is 44.6 Å². The summed E-state index contributed by atoms with van der Waals surface area (Å²) in [5.74, 6) is 2.18. The third kappa shape index (κ3) is 4.79. The van der Waals surface area contributed by atoms with Crippen molar-refractivity contribution >= 4 is 15.9 Å². The van der Waals surface area contributed by atoms with Crippen LogP contribution in [-0.4, -0.2) is 13.6 Å². The van der Waals surface area contributed by atoms with Crippen molar-refractivity contribution in [2.45, 2.75) is 45.4 Å². The Kier molecular flexibility index (Phi) is 6.69. The third-order valence-corrected chi connectivity index (χ3v) is 5.65. The van der Waals surface area contributed by atoms with Crippen molar-refractivity contribution < 1.29 is 4.39 Å². The van der Waals surface area contributed by atoms with Gasteiger partial charge in [-0.3, -0.25) is 0 Å². The molecule has 1 saturated carbocycles. The Morgan fingerprint density at radius 3 is 2.76 bits per heavy atom. The number of benzene rings is 1. The molecule has 1 N–H and O–H groups in total. The third-order valence-electron chi connectivity index (χ3n) is 4.91. The number of hydrogen-bond acceptors (Lipinski definition) is 1. The van der Waals surface area contributed by atoms with Crippen LogP contribution in [0, 0.1) is 23.6 Å². The lowest BCUT2D eigenvalue weighted by atomic mass is 9.70. The highest BCUT2D eigenvalue weighted by molar-refractivity contribution is 9.10. The fraction of sp³-hybridized carbons (Fsp3) is 0.667. The predicted octanol–water partition coefficient (Wildman–Crippen LogP) is 5.18. The van der Waals surface area contributed by atoms with Crippen LogP contribution in [0.5, 0.6) is 0 Å². The van der Waals surface area contributed by atoms with Crippen LogP contribution in [0.3, 0.4) is 0 Å². The van der Waals surface area contributed by atoms with Gasteiger partial charge in [0.2, 0.25) is 0 Å². The average molecular weight is 356 g/mol. The summed E-state index contributed by atoms with van der Waals surface area (Å²) >= 11 is 3.52. The number of nitrogens with one attached hydrogen (secondary N) is 1. The minimum absolute atomic E-state index is 0.162. The van der Waals surface area contributed by atoms with Gasteiger partial charge in [0.25, 0.3) is 0 Å². The highest BCUT2D eigenvalue weighted by atomic mass is 79.9. The molecule has 0 spiro atoms. The van der Waals surface area contributed by atoms with Crippen molar-refractivity contribution in [3.63, 3.8) is 0 Å². The molecule has 0 aromatic heterocycles. The van der Waals surface area contributed by atoms with E-state index < -0.39 is 0 Å². The Morgan fingerprint density at radius 2 is 2.10 bits per heavy atom. The van der Waals surface area contributed by atoms with Crippen LogP contribution in [-0.2, 0) is 6.42 Å². The predicted molar refractivity (Wildman–Crippen MR) is 91.0 cm³/mol. The molecule has 1 fully saturated rings. The van der Waals surface area contributed by atoms with Gasteiger partial charge in [-0.15, -0.1) is 0 Å². The molecule has 0 radical (unpaired) electrons. The van der Waals surface area contributed by atoms with Gasteiger partial charge < -0.3 is 5.32 Å². The topological polar surface area (TPSA) is 12.0 Å². The maximum absolute atomic E-state index is 13.2. The summed E-state index contributed by atoms with van der Waals surface area (Å²) in [7, 11) is 2.04. The van der Waals surface area contributed by atoms with Crippen LogP contribution in [0.25, 0.3) is 0 Å². The first kappa shape index (κ1) is 17.0. The molecule has 1 aliphatic rings. The second kappa shape index (κ2) is 8.28. The molecule has 3 heteroatoms. The monoisotopic (exact) mass is 355 g/mol. The van der Waals surface area contributed by atoms with Crippen molar-refractivity contribution in [2.75, 3.05) is 13.6 Å². The van der Waals surface area contributed by atoms with Crippen molar-refractivity contribution in [1.82, 2.24) is 5.32 Å². The first-order valence-corrected chi connectivity index (χ1v) is 9.01. The van der Waals surface area contributed by atoms with Gasteiger partial charge in [0.1, 0.15) is 5.82 Å². The molecule has 1 aliphatic carbocycles. The van der Waals surface area contributed by atoms with Crippen molar-refractivity contribution in [3.05, 3.63) is 34.1 Å². The maximum atomic E-state index is 13.2. The Hall–Kier alpha value is -0.410. The molecule has 0 bridgehead atoms. The summed E-state index contributed by atoms with van der Waals surface area (Å²) in [4.78, 5) is 0. The molecule has 3 atom stereocenters. The normalized spacial score (nSPS) is 26.0. The Morgan fingerprint density at radius 1 is 1.29 bits per heavy atom. The molecule has 118 valence electrons. The maximum Gasteiger partial charge on any atom is 0.124 e. The smallest absolute Gasteiger partial charge is 0.124 e. The van der Waals surface area contributed by atoms with E-state index in [4.69, 9.17) is 0 Å². The van der Waals surface area contributed by atoms with Gasteiger partial charge in [-0.2, -0.15) is 0 Å². The Bertz CT molecular complexity index is 449. The zero-order valence-corrected chi connectivity index (χ0v) is 14.8. The van der Waals surface area contributed by atoms with Gasteiger partial charge in [-0.25, -0.2) is 4.39 Å². The highest BCUT2D eigenvalue weighted by Gasteiger charge is 2.30. The van der Waals surface area contributed by atoms with E-state index >= 15 is 0 Å². The van der Waals surface area contributed by atoms with Crippen molar-refractivity contribution in [3.8, 4) is 0 Å². The fourth-order valence-electron chi connectivity index (χ4n) is 3.84. The fourth-order valence-corrected chi connectivity index (χ4v) is 4.36. The SMILES string of the molecule is CCCC1CCC(CNC)C(Cc2ccc(F)cc2Br)C1. The van der Waals surface area contributed by atoms with Crippen LogP contribution >= 0.6 is 15.9 Å². The van der Waals surface area contributed by atoms with Gasteiger partial charge in [0, 0.05) is 4.47 Å². The van der Waals surface area contributed by atoms with Crippen LogP contribution in [0.4, 0.5) is 4.39 Å². The van der Waals surface area contributed by atoms with E-state index in [0.717, 1.165) is 29.3 Å². The second-order valence-electron chi connectivity index (χ2n) is 6.49. The van der Waals surface area contributed by atoms with Crippen LogP contribution in [0.15, 0.2) is 22.7 Å².